The topological polar surface area (TPSA) is 92.0 Å². The minimum Gasteiger partial charge on any atom is -0.496 e. The fourth-order valence-electron chi connectivity index (χ4n) is 3.31. The third-order valence-electron chi connectivity index (χ3n) is 5.44. The molecule has 160 valence electrons. The van der Waals surface area contributed by atoms with Gasteiger partial charge in [0.15, 0.2) is 0 Å². The number of amides is 1. The van der Waals surface area contributed by atoms with Crippen molar-refractivity contribution in [2.75, 3.05) is 34.0 Å². The van der Waals surface area contributed by atoms with E-state index >= 15 is 0 Å². The lowest BCUT2D eigenvalue weighted by Gasteiger charge is -2.57. The molecule has 2 rings (SSSR count). The third-order valence-corrected chi connectivity index (χ3v) is 5.44. The second-order valence-electron chi connectivity index (χ2n) is 7.35. The number of hydrogen-bond donors (Lipinski definition) is 2. The number of benzene rings is 1. The van der Waals surface area contributed by atoms with Crippen LogP contribution in [-0.2, 0) is 9.53 Å². The molecular formula is C20H33ClN2O5. The molecule has 2 atom stereocenters. The summed E-state index contributed by atoms with van der Waals surface area (Å²) in [6, 6.07) is 5.37. The average molecular weight is 417 g/mol. The standard InChI is InChI=1S/C20H32N2O5.ClH/c1-6-26-17-13-20(21,19(17,2)3)18(23)22-8-7-9-27-16-11-14(24-4)10-15(12-16)25-5;/h10-12,17H,6-9,13,21H2,1-5H3,(H,22,23);1H. The van der Waals surface area contributed by atoms with Crippen LogP contribution in [0.1, 0.15) is 33.6 Å². The predicted molar refractivity (Wildman–Crippen MR) is 111 cm³/mol. The molecule has 0 bridgehead atoms. The zero-order chi connectivity index (χ0) is 20.1. The Morgan fingerprint density at radius 3 is 2.25 bits per heavy atom. The SMILES string of the molecule is CCOC1CC(N)(C(=O)NCCCOc2cc(OC)cc(OC)c2)C1(C)C.Cl. The summed E-state index contributed by atoms with van der Waals surface area (Å²) in [6.45, 7) is 7.49. The van der Waals surface area contributed by atoms with Crippen LogP contribution in [0.25, 0.3) is 0 Å². The summed E-state index contributed by atoms with van der Waals surface area (Å²) >= 11 is 0. The summed E-state index contributed by atoms with van der Waals surface area (Å²) < 4.78 is 21.8. The van der Waals surface area contributed by atoms with E-state index in [0.717, 1.165) is 0 Å². The van der Waals surface area contributed by atoms with Gasteiger partial charge >= 0.3 is 0 Å². The Morgan fingerprint density at radius 2 is 1.75 bits per heavy atom. The normalized spacial score (nSPS) is 22.4. The number of hydrogen-bond acceptors (Lipinski definition) is 6. The van der Waals surface area contributed by atoms with Gasteiger partial charge in [0.05, 0.1) is 26.9 Å². The zero-order valence-corrected chi connectivity index (χ0v) is 18.2. The van der Waals surface area contributed by atoms with E-state index in [9.17, 15) is 4.79 Å². The maximum atomic E-state index is 12.5. The van der Waals surface area contributed by atoms with E-state index in [1.807, 2.05) is 20.8 Å². The summed E-state index contributed by atoms with van der Waals surface area (Å²) in [5, 5.41) is 2.93. The summed E-state index contributed by atoms with van der Waals surface area (Å²) in [5.41, 5.74) is 5.08. The smallest absolute Gasteiger partial charge is 0.240 e. The van der Waals surface area contributed by atoms with Crippen LogP contribution in [-0.4, -0.2) is 51.5 Å². The number of carbonyl (C=O) groups excluding carboxylic acids is 1. The van der Waals surface area contributed by atoms with Gasteiger partial charge in [0.2, 0.25) is 5.91 Å². The van der Waals surface area contributed by atoms with E-state index in [2.05, 4.69) is 5.32 Å². The third kappa shape index (κ3) is 5.01. The van der Waals surface area contributed by atoms with Crippen molar-refractivity contribution in [1.29, 1.82) is 0 Å². The monoisotopic (exact) mass is 416 g/mol. The van der Waals surface area contributed by atoms with E-state index in [1.165, 1.54) is 0 Å². The lowest BCUT2D eigenvalue weighted by molar-refractivity contribution is -0.170. The molecule has 1 saturated carbocycles. The van der Waals surface area contributed by atoms with Crippen molar-refractivity contribution in [1.82, 2.24) is 5.32 Å². The van der Waals surface area contributed by atoms with Gasteiger partial charge in [-0.3, -0.25) is 4.79 Å². The molecule has 0 spiro atoms. The van der Waals surface area contributed by atoms with Crippen molar-refractivity contribution in [3.63, 3.8) is 0 Å². The van der Waals surface area contributed by atoms with Crippen molar-refractivity contribution >= 4 is 18.3 Å². The highest BCUT2D eigenvalue weighted by Gasteiger charge is 2.62. The summed E-state index contributed by atoms with van der Waals surface area (Å²) in [5.74, 6) is 1.86. The van der Waals surface area contributed by atoms with Crippen molar-refractivity contribution in [3.8, 4) is 17.2 Å². The molecule has 2 unspecified atom stereocenters. The Kier molecular flexibility index (Phi) is 8.85. The number of rotatable bonds is 10. The van der Waals surface area contributed by atoms with E-state index in [-0.39, 0.29) is 29.8 Å². The maximum absolute atomic E-state index is 12.5. The molecule has 0 aromatic heterocycles. The molecule has 8 heteroatoms. The molecule has 1 fully saturated rings. The van der Waals surface area contributed by atoms with Crippen LogP contribution < -0.4 is 25.3 Å². The van der Waals surface area contributed by atoms with Gasteiger partial charge in [-0.2, -0.15) is 0 Å². The Balaban J connectivity index is 0.00000392. The van der Waals surface area contributed by atoms with Crippen LogP contribution in [0.5, 0.6) is 17.2 Å². The first-order valence-electron chi connectivity index (χ1n) is 9.33. The van der Waals surface area contributed by atoms with Gasteiger partial charge in [0, 0.05) is 43.2 Å². The van der Waals surface area contributed by atoms with Crippen molar-refractivity contribution in [3.05, 3.63) is 18.2 Å². The van der Waals surface area contributed by atoms with E-state index in [0.29, 0.717) is 49.8 Å². The Labute approximate surface area is 173 Å². The molecule has 0 saturated heterocycles. The highest BCUT2D eigenvalue weighted by molar-refractivity contribution is 5.88. The lowest BCUT2D eigenvalue weighted by atomic mass is 9.54. The predicted octanol–water partition coefficient (Wildman–Crippen LogP) is 2.54. The molecule has 0 aliphatic heterocycles. The summed E-state index contributed by atoms with van der Waals surface area (Å²) in [6.07, 6.45) is 1.22. The van der Waals surface area contributed by atoms with Gasteiger partial charge in [-0.1, -0.05) is 13.8 Å². The highest BCUT2D eigenvalue weighted by atomic mass is 35.5. The molecule has 0 radical (unpaired) electrons. The molecule has 28 heavy (non-hydrogen) atoms. The van der Waals surface area contributed by atoms with Gasteiger partial charge in [0.25, 0.3) is 0 Å². The lowest BCUT2D eigenvalue weighted by Crippen LogP contribution is -2.75. The minimum absolute atomic E-state index is 0. The van der Waals surface area contributed by atoms with Crippen molar-refractivity contribution in [2.45, 2.75) is 45.3 Å². The maximum Gasteiger partial charge on any atom is 0.240 e. The highest BCUT2D eigenvalue weighted by Crippen LogP contribution is 2.49. The average Bonchev–Trinajstić information content (AvgIpc) is 2.66. The minimum atomic E-state index is -0.895. The van der Waals surface area contributed by atoms with Crippen molar-refractivity contribution < 1.29 is 23.7 Å². The molecule has 1 aliphatic rings. The van der Waals surface area contributed by atoms with Crippen LogP contribution in [0.2, 0.25) is 0 Å². The van der Waals surface area contributed by atoms with Crippen LogP contribution >= 0.6 is 12.4 Å². The number of halogens is 1. The van der Waals surface area contributed by atoms with Gasteiger partial charge in [0.1, 0.15) is 22.8 Å². The molecular weight excluding hydrogens is 384 g/mol. The Morgan fingerprint density at radius 1 is 1.18 bits per heavy atom. The molecule has 0 heterocycles. The van der Waals surface area contributed by atoms with E-state index in [4.69, 9.17) is 24.7 Å². The van der Waals surface area contributed by atoms with Gasteiger partial charge in [-0.05, 0) is 13.3 Å². The first-order chi connectivity index (χ1) is 12.8. The quantitative estimate of drug-likeness (QED) is 0.569. The molecule has 1 aromatic carbocycles. The molecule has 7 nitrogen and oxygen atoms in total. The number of carbonyl (C=O) groups is 1. The van der Waals surface area contributed by atoms with Crippen LogP contribution in [0.3, 0.4) is 0 Å². The Bertz CT molecular complexity index is 633. The number of ether oxygens (including phenoxy) is 4. The molecule has 1 aliphatic carbocycles. The Hall–Kier alpha value is -1.70. The first kappa shape index (κ1) is 24.3. The van der Waals surface area contributed by atoms with E-state index in [1.54, 1.807) is 32.4 Å². The number of nitrogens with two attached hydrogens (primary N) is 1. The summed E-state index contributed by atoms with van der Waals surface area (Å²) in [7, 11) is 3.18. The summed E-state index contributed by atoms with van der Waals surface area (Å²) in [4.78, 5) is 12.5. The van der Waals surface area contributed by atoms with Crippen LogP contribution in [0, 0.1) is 5.41 Å². The van der Waals surface area contributed by atoms with Gasteiger partial charge < -0.3 is 30.0 Å². The fraction of sp³-hybridized carbons (Fsp3) is 0.650. The molecule has 1 aromatic rings. The molecule has 3 N–H and O–H groups in total. The molecule has 1 amide bonds. The second kappa shape index (κ2) is 10.2. The van der Waals surface area contributed by atoms with Crippen LogP contribution in [0.15, 0.2) is 18.2 Å². The zero-order valence-electron chi connectivity index (χ0n) is 17.4. The largest absolute Gasteiger partial charge is 0.496 e. The van der Waals surface area contributed by atoms with Crippen LogP contribution in [0.4, 0.5) is 0 Å². The van der Waals surface area contributed by atoms with Crippen molar-refractivity contribution in [2.24, 2.45) is 11.1 Å². The van der Waals surface area contributed by atoms with Gasteiger partial charge in [-0.25, -0.2) is 0 Å². The first-order valence-corrected chi connectivity index (χ1v) is 9.33. The number of nitrogens with one attached hydrogen (secondary N) is 1. The second-order valence-corrected chi connectivity index (χ2v) is 7.35. The van der Waals surface area contributed by atoms with Gasteiger partial charge in [-0.15, -0.1) is 12.4 Å². The van der Waals surface area contributed by atoms with E-state index < -0.39 is 5.54 Å². The fourth-order valence-corrected chi connectivity index (χ4v) is 3.31. The number of methoxy groups -OCH3 is 2.